The summed E-state index contributed by atoms with van der Waals surface area (Å²) in [7, 11) is 0. The maximum absolute atomic E-state index is 12.7. The van der Waals surface area contributed by atoms with Gasteiger partial charge in [0.25, 0.3) is 0 Å². The average molecular weight is 379 g/mol. The number of nitrogens with zero attached hydrogens (tertiary/aromatic N) is 3. The van der Waals surface area contributed by atoms with Crippen molar-refractivity contribution in [2.45, 2.75) is 57.9 Å². The summed E-state index contributed by atoms with van der Waals surface area (Å²) in [5.41, 5.74) is 0. The fourth-order valence-electron chi connectivity index (χ4n) is 4.63. The Labute approximate surface area is 162 Å². The van der Waals surface area contributed by atoms with Gasteiger partial charge >= 0.3 is 0 Å². The second-order valence-corrected chi connectivity index (χ2v) is 8.32. The van der Waals surface area contributed by atoms with Crippen molar-refractivity contribution in [1.82, 2.24) is 20.0 Å². The lowest BCUT2D eigenvalue weighted by Crippen LogP contribution is -2.55. The molecule has 27 heavy (non-hydrogen) atoms. The van der Waals surface area contributed by atoms with Crippen LogP contribution in [-0.2, 0) is 14.4 Å². The van der Waals surface area contributed by atoms with Gasteiger partial charge in [0.15, 0.2) is 0 Å². The van der Waals surface area contributed by atoms with Gasteiger partial charge in [-0.25, -0.2) is 0 Å². The second kappa shape index (κ2) is 9.53. The summed E-state index contributed by atoms with van der Waals surface area (Å²) in [5.74, 6) is 0.658. The lowest BCUT2D eigenvalue weighted by molar-refractivity contribution is -0.139. The van der Waals surface area contributed by atoms with Crippen LogP contribution in [-0.4, -0.2) is 84.3 Å². The Morgan fingerprint density at radius 1 is 0.852 bits per heavy atom. The van der Waals surface area contributed by atoms with Gasteiger partial charge in [-0.2, -0.15) is 0 Å². The topological polar surface area (TPSA) is 73.0 Å². The van der Waals surface area contributed by atoms with Crippen LogP contribution in [0.1, 0.15) is 51.9 Å². The number of hydrogen-bond donors (Lipinski definition) is 1. The van der Waals surface area contributed by atoms with Crippen LogP contribution in [0.15, 0.2) is 0 Å². The normalized spacial score (nSPS) is 25.3. The van der Waals surface area contributed by atoms with E-state index in [9.17, 15) is 14.4 Å². The quantitative estimate of drug-likeness (QED) is 0.787. The molecule has 3 fully saturated rings. The van der Waals surface area contributed by atoms with Gasteiger partial charge < -0.3 is 15.1 Å². The first-order valence-electron chi connectivity index (χ1n) is 10.6. The van der Waals surface area contributed by atoms with Crippen LogP contribution >= 0.6 is 0 Å². The van der Waals surface area contributed by atoms with E-state index in [2.05, 4.69) is 10.2 Å². The highest BCUT2D eigenvalue weighted by atomic mass is 16.2. The molecule has 1 atom stereocenters. The molecule has 3 rings (SSSR count). The van der Waals surface area contributed by atoms with Gasteiger partial charge in [-0.1, -0.05) is 19.3 Å². The van der Waals surface area contributed by atoms with Crippen molar-refractivity contribution in [2.75, 3.05) is 45.8 Å². The smallest absolute Gasteiger partial charge is 0.236 e. The van der Waals surface area contributed by atoms with E-state index < -0.39 is 0 Å². The Kier molecular flexibility index (Phi) is 7.10. The molecule has 2 heterocycles. The third kappa shape index (κ3) is 5.67. The molecule has 0 bridgehead atoms. The first-order valence-corrected chi connectivity index (χ1v) is 10.6. The highest BCUT2D eigenvalue weighted by Gasteiger charge is 2.30. The summed E-state index contributed by atoms with van der Waals surface area (Å²) in [6, 6.07) is 0.0742. The van der Waals surface area contributed by atoms with Gasteiger partial charge in [-0.3, -0.25) is 19.3 Å². The van der Waals surface area contributed by atoms with Crippen molar-refractivity contribution in [3.05, 3.63) is 0 Å². The predicted molar refractivity (Wildman–Crippen MR) is 103 cm³/mol. The third-order valence-electron chi connectivity index (χ3n) is 6.18. The molecular formula is C20H34N4O3. The van der Waals surface area contributed by atoms with Gasteiger partial charge in [0.2, 0.25) is 17.7 Å². The van der Waals surface area contributed by atoms with Crippen LogP contribution < -0.4 is 5.32 Å². The fourth-order valence-corrected chi connectivity index (χ4v) is 4.63. The zero-order chi connectivity index (χ0) is 19.2. The van der Waals surface area contributed by atoms with Crippen LogP contribution in [0.2, 0.25) is 0 Å². The number of hydrogen-bond acceptors (Lipinski definition) is 4. The molecular weight excluding hydrogens is 344 g/mol. The molecule has 0 aromatic rings. The molecule has 0 aromatic heterocycles. The molecule has 3 aliphatic rings. The number of piperazine rings is 1. The first kappa shape index (κ1) is 20.1. The standard InChI is InChI=1S/C20H34N4O3/c1-16(25)21-18-8-5-9-24(14-18)19(26)15-22-10-12-23(13-11-22)20(27)17-6-3-2-4-7-17/h17-18H,2-15H2,1H3,(H,21,25). The van der Waals surface area contributed by atoms with E-state index in [1.165, 1.54) is 26.2 Å². The van der Waals surface area contributed by atoms with Crippen LogP contribution in [0.3, 0.4) is 0 Å². The minimum Gasteiger partial charge on any atom is -0.352 e. The summed E-state index contributed by atoms with van der Waals surface area (Å²) in [4.78, 5) is 42.6. The fraction of sp³-hybridized carbons (Fsp3) is 0.850. The minimum atomic E-state index is -0.0342. The molecule has 1 saturated carbocycles. The maximum atomic E-state index is 12.7. The van der Waals surface area contributed by atoms with E-state index >= 15 is 0 Å². The summed E-state index contributed by atoms with van der Waals surface area (Å²) < 4.78 is 0. The predicted octanol–water partition coefficient (Wildman–Crippen LogP) is 0.838. The highest BCUT2D eigenvalue weighted by Crippen LogP contribution is 2.25. The molecule has 2 saturated heterocycles. The van der Waals surface area contributed by atoms with E-state index in [-0.39, 0.29) is 23.8 Å². The van der Waals surface area contributed by atoms with Crippen LogP contribution in [0.25, 0.3) is 0 Å². The number of nitrogens with one attached hydrogen (secondary N) is 1. The van der Waals surface area contributed by atoms with Crippen molar-refractivity contribution >= 4 is 17.7 Å². The van der Waals surface area contributed by atoms with Crippen molar-refractivity contribution in [1.29, 1.82) is 0 Å². The highest BCUT2D eigenvalue weighted by molar-refractivity contribution is 5.80. The summed E-state index contributed by atoms with van der Waals surface area (Å²) in [5, 5.41) is 2.93. The van der Waals surface area contributed by atoms with E-state index in [0.717, 1.165) is 58.4 Å². The number of piperidine rings is 1. The molecule has 0 radical (unpaired) electrons. The molecule has 1 aliphatic carbocycles. The molecule has 1 N–H and O–H groups in total. The van der Waals surface area contributed by atoms with Gasteiger partial charge in [0, 0.05) is 58.2 Å². The number of carbonyl (C=O) groups excluding carboxylic acids is 3. The Balaban J connectivity index is 1.41. The summed E-state index contributed by atoms with van der Waals surface area (Å²) in [6.45, 7) is 6.33. The molecule has 2 aliphatic heterocycles. The van der Waals surface area contributed by atoms with Gasteiger partial charge in [0.05, 0.1) is 6.54 Å². The van der Waals surface area contributed by atoms with Gasteiger partial charge in [-0.05, 0) is 25.7 Å². The first-order chi connectivity index (χ1) is 13.0. The number of carbonyl (C=O) groups is 3. The Hall–Kier alpha value is -1.63. The molecule has 152 valence electrons. The summed E-state index contributed by atoms with van der Waals surface area (Å²) in [6.07, 6.45) is 7.58. The van der Waals surface area contributed by atoms with Crippen molar-refractivity contribution < 1.29 is 14.4 Å². The Morgan fingerprint density at radius 3 is 2.22 bits per heavy atom. The van der Waals surface area contributed by atoms with Crippen molar-refractivity contribution in [3.8, 4) is 0 Å². The average Bonchev–Trinajstić information content (AvgIpc) is 2.68. The molecule has 7 nitrogen and oxygen atoms in total. The number of likely N-dealkylation sites (tertiary alicyclic amines) is 1. The largest absolute Gasteiger partial charge is 0.352 e. The zero-order valence-corrected chi connectivity index (χ0v) is 16.6. The van der Waals surface area contributed by atoms with Crippen molar-refractivity contribution in [2.24, 2.45) is 5.92 Å². The molecule has 3 amide bonds. The lowest BCUT2D eigenvalue weighted by Gasteiger charge is -2.38. The lowest BCUT2D eigenvalue weighted by atomic mass is 9.88. The van der Waals surface area contributed by atoms with Gasteiger partial charge in [0.1, 0.15) is 0 Å². The minimum absolute atomic E-state index is 0.0342. The van der Waals surface area contributed by atoms with Crippen LogP contribution in [0.5, 0.6) is 0 Å². The van der Waals surface area contributed by atoms with Crippen molar-refractivity contribution in [3.63, 3.8) is 0 Å². The monoisotopic (exact) mass is 378 g/mol. The molecule has 0 spiro atoms. The molecule has 1 unspecified atom stereocenters. The second-order valence-electron chi connectivity index (χ2n) is 8.32. The van der Waals surface area contributed by atoms with E-state index in [0.29, 0.717) is 19.0 Å². The molecule has 7 heteroatoms. The number of amides is 3. The van der Waals surface area contributed by atoms with Crippen LogP contribution in [0.4, 0.5) is 0 Å². The molecule has 0 aromatic carbocycles. The van der Waals surface area contributed by atoms with E-state index in [1.807, 2.05) is 9.80 Å². The summed E-state index contributed by atoms with van der Waals surface area (Å²) >= 11 is 0. The maximum Gasteiger partial charge on any atom is 0.236 e. The van der Waals surface area contributed by atoms with Crippen LogP contribution in [0, 0.1) is 5.92 Å². The number of rotatable bonds is 4. The third-order valence-corrected chi connectivity index (χ3v) is 6.18. The van der Waals surface area contributed by atoms with Gasteiger partial charge in [-0.15, -0.1) is 0 Å². The SMILES string of the molecule is CC(=O)NC1CCCN(C(=O)CN2CCN(C(=O)C3CCCCC3)CC2)C1. The zero-order valence-electron chi connectivity index (χ0n) is 16.6. The van der Waals surface area contributed by atoms with E-state index in [4.69, 9.17) is 0 Å². The Morgan fingerprint density at radius 2 is 1.56 bits per heavy atom. The Bertz CT molecular complexity index is 539. The van der Waals surface area contributed by atoms with E-state index in [1.54, 1.807) is 0 Å².